The molecule has 0 atom stereocenters. The predicted molar refractivity (Wildman–Crippen MR) is 54.0 cm³/mol. The summed E-state index contributed by atoms with van der Waals surface area (Å²) in [7, 11) is 0. The highest BCUT2D eigenvalue weighted by atomic mass is 127. The van der Waals surface area contributed by atoms with Gasteiger partial charge in [-0.2, -0.15) is 0 Å². The second-order valence-corrected chi connectivity index (χ2v) is 3.86. The number of pyridine rings is 1. The average Bonchev–Trinajstić information content (AvgIpc) is 2.18. The summed E-state index contributed by atoms with van der Waals surface area (Å²) in [6.07, 6.45) is -7.63. The fraction of sp³-hybridized carbons (Fsp3) is 0.250. The summed E-state index contributed by atoms with van der Waals surface area (Å²) in [5.41, 5.74) is -1.94. The van der Waals surface area contributed by atoms with E-state index in [2.05, 4.69) is 9.72 Å². The third kappa shape index (κ3) is 3.48. The fourth-order valence-corrected chi connectivity index (χ4v) is 1.56. The smallest absolute Gasteiger partial charge is 0.404 e. The van der Waals surface area contributed by atoms with Gasteiger partial charge in [0.15, 0.2) is 12.0 Å². The maximum atomic E-state index is 12.6. The van der Waals surface area contributed by atoms with Gasteiger partial charge in [0.25, 0.3) is 6.43 Å². The van der Waals surface area contributed by atoms with Crippen molar-refractivity contribution in [2.75, 3.05) is 0 Å². The molecule has 1 aromatic rings. The van der Waals surface area contributed by atoms with Gasteiger partial charge in [-0.1, -0.05) is 0 Å². The molecule has 1 rings (SSSR count). The quantitative estimate of drug-likeness (QED) is 0.468. The Labute approximate surface area is 105 Å². The van der Waals surface area contributed by atoms with Gasteiger partial charge in [0.05, 0.1) is 9.13 Å². The molecule has 1 aromatic heterocycles. The van der Waals surface area contributed by atoms with Crippen molar-refractivity contribution in [3.05, 3.63) is 21.0 Å². The predicted octanol–water partition coefficient (Wildman–Crippen LogP) is 3.33. The molecule has 17 heavy (non-hydrogen) atoms. The Kier molecular flexibility index (Phi) is 4.22. The van der Waals surface area contributed by atoms with Gasteiger partial charge in [-0.3, -0.25) is 9.78 Å². The molecule has 0 unspecified atom stereocenters. The van der Waals surface area contributed by atoms with Gasteiger partial charge in [0.2, 0.25) is 0 Å². The second-order valence-electron chi connectivity index (χ2n) is 2.70. The molecule has 94 valence electrons. The van der Waals surface area contributed by atoms with Crippen LogP contribution in [0.1, 0.15) is 22.5 Å². The SMILES string of the molecule is O=Cc1ncc(I)c(OC(F)(F)F)c1C(F)F. The molecule has 0 saturated heterocycles. The zero-order valence-electron chi connectivity index (χ0n) is 7.76. The van der Waals surface area contributed by atoms with Crippen molar-refractivity contribution in [2.45, 2.75) is 12.8 Å². The number of halogens is 6. The number of aldehydes is 1. The number of hydrogen-bond donors (Lipinski definition) is 0. The maximum absolute atomic E-state index is 12.6. The van der Waals surface area contributed by atoms with E-state index in [1.54, 1.807) is 0 Å². The Bertz CT molecular complexity index is 435. The summed E-state index contributed by atoms with van der Waals surface area (Å²) in [5, 5.41) is 0. The molecule has 0 N–H and O–H groups in total. The molecule has 9 heteroatoms. The topological polar surface area (TPSA) is 39.2 Å². The third-order valence-electron chi connectivity index (χ3n) is 1.60. The Hall–Kier alpha value is -1.00. The molecule has 0 bridgehead atoms. The maximum Gasteiger partial charge on any atom is 0.573 e. The number of rotatable bonds is 3. The first kappa shape index (κ1) is 14.1. The molecule has 0 radical (unpaired) electrons. The van der Waals surface area contributed by atoms with Gasteiger partial charge in [0, 0.05) is 6.20 Å². The number of aromatic nitrogens is 1. The van der Waals surface area contributed by atoms with E-state index in [1.165, 1.54) is 22.6 Å². The van der Waals surface area contributed by atoms with E-state index in [0.717, 1.165) is 6.20 Å². The number of carbonyl (C=O) groups excluding carboxylic acids is 1. The molecule has 1 heterocycles. The zero-order chi connectivity index (χ0) is 13.2. The van der Waals surface area contributed by atoms with Crippen molar-refractivity contribution in [2.24, 2.45) is 0 Å². The minimum absolute atomic E-state index is 0.0548. The van der Waals surface area contributed by atoms with Gasteiger partial charge in [-0.05, 0) is 22.6 Å². The molecule has 0 amide bonds. The highest BCUT2D eigenvalue weighted by molar-refractivity contribution is 14.1. The number of alkyl halides is 5. The normalized spacial score (nSPS) is 11.7. The summed E-state index contributed by atoms with van der Waals surface area (Å²) in [6, 6.07) is 0. The Morgan fingerprint density at radius 1 is 1.41 bits per heavy atom. The van der Waals surface area contributed by atoms with Crippen LogP contribution < -0.4 is 4.74 Å². The van der Waals surface area contributed by atoms with E-state index in [0.29, 0.717) is 0 Å². The van der Waals surface area contributed by atoms with Crippen molar-refractivity contribution < 1.29 is 31.5 Å². The summed E-state index contributed by atoms with van der Waals surface area (Å²) in [4.78, 5) is 13.7. The monoisotopic (exact) mass is 367 g/mol. The van der Waals surface area contributed by atoms with E-state index >= 15 is 0 Å². The average molecular weight is 367 g/mol. The minimum atomic E-state index is -5.12. The van der Waals surface area contributed by atoms with Crippen LogP contribution in [0.25, 0.3) is 0 Å². The summed E-state index contributed by atoms with van der Waals surface area (Å²) in [5.74, 6) is -1.09. The molecule has 0 aliphatic carbocycles. The molecule has 0 spiro atoms. The van der Waals surface area contributed by atoms with Crippen LogP contribution in [0.4, 0.5) is 22.0 Å². The lowest BCUT2D eigenvalue weighted by Gasteiger charge is -2.15. The number of nitrogens with zero attached hydrogens (tertiary/aromatic N) is 1. The minimum Gasteiger partial charge on any atom is -0.404 e. The second kappa shape index (κ2) is 5.10. The first-order valence-electron chi connectivity index (χ1n) is 3.93. The van der Waals surface area contributed by atoms with E-state index < -0.39 is 29.8 Å². The lowest BCUT2D eigenvalue weighted by molar-refractivity contribution is -0.275. The first-order valence-corrected chi connectivity index (χ1v) is 5.01. The molecule has 0 saturated carbocycles. The molecule has 0 aromatic carbocycles. The van der Waals surface area contributed by atoms with Crippen molar-refractivity contribution in [1.29, 1.82) is 0 Å². The Balaban J connectivity index is 3.39. The number of hydrogen-bond acceptors (Lipinski definition) is 3. The van der Waals surface area contributed by atoms with Crippen molar-refractivity contribution in [3.63, 3.8) is 0 Å². The van der Waals surface area contributed by atoms with Crippen molar-refractivity contribution >= 4 is 28.9 Å². The van der Waals surface area contributed by atoms with Crippen LogP contribution in [0.3, 0.4) is 0 Å². The van der Waals surface area contributed by atoms with Crippen LogP contribution in [0, 0.1) is 3.57 Å². The third-order valence-corrected chi connectivity index (χ3v) is 2.37. The van der Waals surface area contributed by atoms with Gasteiger partial charge in [-0.25, -0.2) is 8.78 Å². The highest BCUT2D eigenvalue weighted by Crippen LogP contribution is 2.37. The molecule has 0 aliphatic heterocycles. The molecule has 0 fully saturated rings. The van der Waals surface area contributed by atoms with Crippen LogP contribution in [0.2, 0.25) is 0 Å². The molecule has 3 nitrogen and oxygen atoms in total. The van der Waals surface area contributed by atoms with Gasteiger partial charge in [0.1, 0.15) is 5.69 Å². The van der Waals surface area contributed by atoms with Crippen LogP contribution >= 0.6 is 22.6 Å². The van der Waals surface area contributed by atoms with Gasteiger partial charge in [-0.15, -0.1) is 13.2 Å². The van der Waals surface area contributed by atoms with Crippen LogP contribution in [-0.2, 0) is 0 Å². The van der Waals surface area contributed by atoms with Crippen molar-refractivity contribution in [1.82, 2.24) is 4.98 Å². The lowest BCUT2D eigenvalue weighted by atomic mass is 10.2. The lowest BCUT2D eigenvalue weighted by Crippen LogP contribution is -2.20. The Morgan fingerprint density at radius 2 is 2.00 bits per heavy atom. The summed E-state index contributed by atoms with van der Waals surface area (Å²) >= 11 is 1.36. The standard InChI is InChI=1S/C8H3F5INO2/c9-7(10)5-4(2-16)15-1-3(14)6(5)17-8(11,12)13/h1-2,7H. The van der Waals surface area contributed by atoms with Crippen LogP contribution in [0.5, 0.6) is 5.75 Å². The molecular formula is C8H3F5INO2. The zero-order valence-corrected chi connectivity index (χ0v) is 9.92. The molecular weight excluding hydrogens is 364 g/mol. The summed E-state index contributed by atoms with van der Waals surface area (Å²) < 4.78 is 64.4. The van der Waals surface area contributed by atoms with E-state index in [9.17, 15) is 26.7 Å². The van der Waals surface area contributed by atoms with Gasteiger partial charge < -0.3 is 4.74 Å². The first-order chi connectivity index (χ1) is 7.76. The molecule has 0 aliphatic rings. The number of carbonyl (C=O) groups is 1. The van der Waals surface area contributed by atoms with E-state index in [-0.39, 0.29) is 9.86 Å². The van der Waals surface area contributed by atoms with Gasteiger partial charge >= 0.3 is 6.36 Å². The Morgan fingerprint density at radius 3 is 2.41 bits per heavy atom. The van der Waals surface area contributed by atoms with Crippen LogP contribution in [0.15, 0.2) is 6.20 Å². The largest absolute Gasteiger partial charge is 0.573 e. The number of ether oxygens (including phenoxy) is 1. The summed E-state index contributed by atoms with van der Waals surface area (Å²) in [6.45, 7) is 0. The van der Waals surface area contributed by atoms with E-state index in [4.69, 9.17) is 0 Å². The van der Waals surface area contributed by atoms with E-state index in [1.807, 2.05) is 0 Å². The van der Waals surface area contributed by atoms with Crippen molar-refractivity contribution in [3.8, 4) is 5.75 Å². The van der Waals surface area contributed by atoms with Crippen LogP contribution in [-0.4, -0.2) is 17.6 Å². The highest BCUT2D eigenvalue weighted by Gasteiger charge is 2.35. The fourth-order valence-electron chi connectivity index (χ4n) is 1.02.